The molecule has 0 spiro atoms. The number of likely N-dealkylation sites (N-methyl/N-ethyl adjacent to an activating group) is 1. The number of hydrogen-bond donors (Lipinski definition) is 1. The summed E-state index contributed by atoms with van der Waals surface area (Å²) in [5.41, 5.74) is 6.90. The average molecular weight is 236 g/mol. The zero-order valence-electron chi connectivity index (χ0n) is 10.5. The Kier molecular flexibility index (Phi) is 5.49. The number of nitrogen functional groups attached to an aromatic ring is 1. The molecule has 0 unspecified atom stereocenters. The fourth-order valence-electron chi connectivity index (χ4n) is 1.58. The monoisotopic (exact) mass is 236 g/mol. The molecule has 4 nitrogen and oxygen atoms in total. The summed E-state index contributed by atoms with van der Waals surface area (Å²) in [6.07, 6.45) is 0. The lowest BCUT2D eigenvalue weighted by atomic mass is 10.2. The first-order chi connectivity index (χ1) is 8.19. The third-order valence-corrected chi connectivity index (χ3v) is 2.51. The van der Waals surface area contributed by atoms with Crippen molar-refractivity contribution in [3.05, 3.63) is 29.8 Å². The van der Waals surface area contributed by atoms with Gasteiger partial charge in [-0.25, -0.2) is 0 Å². The largest absolute Gasteiger partial charge is 0.399 e. The smallest absolute Gasteiger partial charge is 0.253 e. The highest BCUT2D eigenvalue weighted by Crippen LogP contribution is 2.09. The van der Waals surface area contributed by atoms with Crippen LogP contribution < -0.4 is 5.73 Å². The molecule has 1 aromatic carbocycles. The van der Waals surface area contributed by atoms with Crippen LogP contribution in [0.25, 0.3) is 0 Å². The minimum Gasteiger partial charge on any atom is -0.399 e. The van der Waals surface area contributed by atoms with Crippen LogP contribution in [0.5, 0.6) is 0 Å². The van der Waals surface area contributed by atoms with Gasteiger partial charge in [-0.15, -0.1) is 0 Å². The van der Waals surface area contributed by atoms with E-state index < -0.39 is 0 Å². The summed E-state index contributed by atoms with van der Waals surface area (Å²) in [4.78, 5) is 13.9. The van der Waals surface area contributed by atoms with E-state index in [-0.39, 0.29) is 5.91 Å². The van der Waals surface area contributed by atoms with Crippen LogP contribution in [0.1, 0.15) is 24.2 Å². The number of amides is 1. The van der Waals surface area contributed by atoms with E-state index in [0.29, 0.717) is 37.6 Å². The van der Waals surface area contributed by atoms with Gasteiger partial charge in [0.2, 0.25) is 0 Å². The number of anilines is 1. The highest BCUT2D eigenvalue weighted by molar-refractivity contribution is 5.95. The average Bonchev–Trinajstić information content (AvgIpc) is 2.34. The summed E-state index contributed by atoms with van der Waals surface area (Å²) in [6, 6.07) is 7.04. The lowest BCUT2D eigenvalue weighted by Crippen LogP contribution is -2.33. The maximum absolute atomic E-state index is 12.1. The molecule has 0 heterocycles. The molecule has 0 saturated carbocycles. The first-order valence-electron chi connectivity index (χ1n) is 5.91. The minimum atomic E-state index is -0.000460. The molecule has 0 aliphatic carbocycles. The zero-order chi connectivity index (χ0) is 12.7. The van der Waals surface area contributed by atoms with E-state index in [0.717, 1.165) is 0 Å². The van der Waals surface area contributed by atoms with Crippen LogP contribution in [0.4, 0.5) is 5.69 Å². The Morgan fingerprint density at radius 2 is 2.18 bits per heavy atom. The van der Waals surface area contributed by atoms with E-state index >= 15 is 0 Å². The van der Waals surface area contributed by atoms with Gasteiger partial charge in [0, 0.05) is 30.9 Å². The summed E-state index contributed by atoms with van der Waals surface area (Å²) in [5, 5.41) is 0. The van der Waals surface area contributed by atoms with Crippen molar-refractivity contribution in [2.75, 3.05) is 32.0 Å². The third kappa shape index (κ3) is 4.07. The molecular formula is C13H20N2O2. The highest BCUT2D eigenvalue weighted by Gasteiger charge is 2.13. The Balaban J connectivity index is 2.65. The molecule has 4 heteroatoms. The van der Waals surface area contributed by atoms with Crippen molar-refractivity contribution in [3.63, 3.8) is 0 Å². The number of rotatable bonds is 6. The van der Waals surface area contributed by atoms with Crippen LogP contribution in [0, 0.1) is 0 Å². The van der Waals surface area contributed by atoms with Crippen LogP contribution >= 0.6 is 0 Å². The number of hydrogen-bond acceptors (Lipinski definition) is 3. The quantitative estimate of drug-likeness (QED) is 0.605. The first-order valence-corrected chi connectivity index (χ1v) is 5.91. The van der Waals surface area contributed by atoms with Crippen molar-refractivity contribution < 1.29 is 9.53 Å². The lowest BCUT2D eigenvalue weighted by molar-refractivity contribution is 0.0669. The number of nitrogens with zero attached hydrogens (tertiary/aromatic N) is 1. The molecule has 2 N–H and O–H groups in total. The van der Waals surface area contributed by atoms with Gasteiger partial charge in [0.05, 0.1) is 6.61 Å². The maximum Gasteiger partial charge on any atom is 0.253 e. The Hall–Kier alpha value is -1.55. The van der Waals surface area contributed by atoms with Crippen LogP contribution in [0.2, 0.25) is 0 Å². The van der Waals surface area contributed by atoms with E-state index in [9.17, 15) is 4.79 Å². The van der Waals surface area contributed by atoms with Gasteiger partial charge in [0.1, 0.15) is 0 Å². The van der Waals surface area contributed by atoms with Gasteiger partial charge in [-0.2, -0.15) is 0 Å². The fraction of sp³-hybridized carbons (Fsp3) is 0.462. The van der Waals surface area contributed by atoms with Crippen molar-refractivity contribution in [2.24, 2.45) is 0 Å². The summed E-state index contributed by atoms with van der Waals surface area (Å²) in [5.74, 6) is -0.000460. The predicted octanol–water partition coefficient (Wildman–Crippen LogP) is 1.77. The SMILES string of the molecule is CCOCCN(CC)C(=O)c1cccc(N)c1. The molecule has 0 radical (unpaired) electrons. The van der Waals surface area contributed by atoms with Gasteiger partial charge in [0.15, 0.2) is 0 Å². The zero-order valence-corrected chi connectivity index (χ0v) is 10.5. The first kappa shape index (κ1) is 13.5. The van der Waals surface area contributed by atoms with E-state index in [1.54, 1.807) is 29.2 Å². The summed E-state index contributed by atoms with van der Waals surface area (Å²) >= 11 is 0. The van der Waals surface area contributed by atoms with Gasteiger partial charge < -0.3 is 15.4 Å². The van der Waals surface area contributed by atoms with Gasteiger partial charge in [-0.3, -0.25) is 4.79 Å². The van der Waals surface area contributed by atoms with E-state index in [2.05, 4.69) is 0 Å². The lowest BCUT2D eigenvalue weighted by Gasteiger charge is -2.20. The highest BCUT2D eigenvalue weighted by atomic mass is 16.5. The molecule has 0 saturated heterocycles. The number of ether oxygens (including phenoxy) is 1. The van der Waals surface area contributed by atoms with Crippen molar-refractivity contribution >= 4 is 11.6 Å². The molecule has 0 bridgehead atoms. The van der Waals surface area contributed by atoms with Crippen molar-refractivity contribution in [2.45, 2.75) is 13.8 Å². The maximum atomic E-state index is 12.1. The van der Waals surface area contributed by atoms with Crippen LogP contribution in [-0.4, -0.2) is 37.1 Å². The second-order valence-electron chi connectivity index (χ2n) is 3.71. The molecule has 0 aliphatic heterocycles. The molecule has 1 aromatic rings. The third-order valence-electron chi connectivity index (χ3n) is 2.51. The standard InChI is InChI=1S/C13H20N2O2/c1-3-15(8-9-17-4-2)13(16)11-6-5-7-12(14)10-11/h5-7,10H,3-4,8-9,14H2,1-2H3. The summed E-state index contributed by atoms with van der Waals surface area (Å²) < 4.78 is 5.26. The predicted molar refractivity (Wildman–Crippen MR) is 68.9 cm³/mol. The van der Waals surface area contributed by atoms with Gasteiger partial charge >= 0.3 is 0 Å². The molecule has 1 amide bonds. The van der Waals surface area contributed by atoms with E-state index in [1.165, 1.54) is 0 Å². The molecule has 0 aromatic heterocycles. The minimum absolute atomic E-state index is 0.000460. The molecular weight excluding hydrogens is 216 g/mol. The molecule has 0 fully saturated rings. The number of nitrogens with two attached hydrogens (primary N) is 1. The summed E-state index contributed by atoms with van der Waals surface area (Å²) in [7, 11) is 0. The van der Waals surface area contributed by atoms with Crippen molar-refractivity contribution in [3.8, 4) is 0 Å². The number of benzene rings is 1. The van der Waals surface area contributed by atoms with Gasteiger partial charge in [-0.1, -0.05) is 6.07 Å². The van der Waals surface area contributed by atoms with Crippen LogP contribution in [0.15, 0.2) is 24.3 Å². The summed E-state index contributed by atoms with van der Waals surface area (Å²) in [6.45, 7) is 6.41. The number of carbonyl (C=O) groups is 1. The van der Waals surface area contributed by atoms with Gasteiger partial charge in [-0.05, 0) is 32.0 Å². The topological polar surface area (TPSA) is 55.6 Å². The Morgan fingerprint density at radius 3 is 2.76 bits per heavy atom. The Bertz CT molecular complexity index is 366. The second-order valence-corrected chi connectivity index (χ2v) is 3.71. The second kappa shape index (κ2) is 6.91. The van der Waals surface area contributed by atoms with E-state index in [4.69, 9.17) is 10.5 Å². The normalized spacial score (nSPS) is 10.2. The Labute approximate surface area is 102 Å². The number of carbonyl (C=O) groups excluding carboxylic acids is 1. The van der Waals surface area contributed by atoms with Crippen molar-refractivity contribution in [1.29, 1.82) is 0 Å². The molecule has 94 valence electrons. The van der Waals surface area contributed by atoms with Gasteiger partial charge in [0.25, 0.3) is 5.91 Å². The molecule has 17 heavy (non-hydrogen) atoms. The molecule has 0 atom stereocenters. The molecule has 1 rings (SSSR count). The van der Waals surface area contributed by atoms with Crippen LogP contribution in [-0.2, 0) is 4.74 Å². The van der Waals surface area contributed by atoms with Crippen molar-refractivity contribution in [1.82, 2.24) is 4.90 Å². The van der Waals surface area contributed by atoms with E-state index in [1.807, 2.05) is 13.8 Å². The Morgan fingerprint density at radius 1 is 1.41 bits per heavy atom. The van der Waals surface area contributed by atoms with Crippen LogP contribution in [0.3, 0.4) is 0 Å². The fourth-order valence-corrected chi connectivity index (χ4v) is 1.58. The molecule has 0 aliphatic rings.